The summed E-state index contributed by atoms with van der Waals surface area (Å²) >= 11 is 8.23. The lowest BCUT2D eigenvalue weighted by molar-refractivity contribution is 0.373. The molecular formula is C38H33ClN6O4S. The molecule has 0 bridgehead atoms. The number of nitrogens with zero attached hydrogens (tertiary/aromatic N) is 6. The molecule has 2 heterocycles. The van der Waals surface area contributed by atoms with Crippen LogP contribution in [0, 0.1) is 18.3 Å². The molecule has 50 heavy (non-hydrogen) atoms. The molecule has 5 aromatic rings. The Hall–Kier alpha value is -5.70. The summed E-state index contributed by atoms with van der Waals surface area (Å²) in [5.41, 5.74) is 5.35. The molecule has 6 rings (SSSR count). The van der Waals surface area contributed by atoms with Gasteiger partial charge in [0.2, 0.25) is 0 Å². The standard InChI is InChI=1S/C38H33ClN6O4S/c1-22-27(35(39)45(44-22)26-9-7-6-8-10-26)14-11-23-17-28-29(21-40)37(50-34(28)38(2,3)20-23)41-36(24-12-15-30(46)32(18-24)48-4)43-42-25-13-16-31(47)33(19-25)49-5/h6-19,46-47H,20H2,1-5H3/b14-11-,41-36+,43-42?. The van der Waals surface area contributed by atoms with E-state index in [4.69, 9.17) is 26.1 Å². The second-order valence-corrected chi connectivity index (χ2v) is 13.5. The predicted molar refractivity (Wildman–Crippen MR) is 197 cm³/mol. The number of aromatic nitrogens is 2. The number of halogens is 1. The highest BCUT2D eigenvalue weighted by Crippen LogP contribution is 2.49. The van der Waals surface area contributed by atoms with E-state index in [1.54, 1.807) is 28.9 Å². The summed E-state index contributed by atoms with van der Waals surface area (Å²) in [6.45, 7) is 6.22. The van der Waals surface area contributed by atoms with E-state index in [1.165, 1.54) is 37.7 Å². The number of hydrogen-bond acceptors (Lipinski definition) is 9. The van der Waals surface area contributed by atoms with Crippen molar-refractivity contribution in [2.24, 2.45) is 15.2 Å². The number of nitriles is 1. The van der Waals surface area contributed by atoms with Gasteiger partial charge in [0.15, 0.2) is 28.8 Å². The number of fused-ring (bicyclic) bond motifs is 1. The molecule has 10 nitrogen and oxygen atoms in total. The maximum Gasteiger partial charge on any atom is 0.183 e. The highest BCUT2D eigenvalue weighted by atomic mass is 35.5. The third kappa shape index (κ3) is 6.76. The van der Waals surface area contributed by atoms with Gasteiger partial charge in [0.1, 0.15) is 16.2 Å². The van der Waals surface area contributed by atoms with Gasteiger partial charge in [0.25, 0.3) is 0 Å². The maximum absolute atomic E-state index is 10.5. The van der Waals surface area contributed by atoms with Gasteiger partial charge >= 0.3 is 0 Å². The minimum atomic E-state index is -0.313. The molecule has 0 atom stereocenters. The Kier molecular flexibility index (Phi) is 9.59. The first kappa shape index (κ1) is 34.2. The summed E-state index contributed by atoms with van der Waals surface area (Å²) in [6.07, 6.45) is 6.76. The van der Waals surface area contributed by atoms with Crippen LogP contribution in [0.15, 0.2) is 93.6 Å². The first-order chi connectivity index (χ1) is 24.0. The van der Waals surface area contributed by atoms with Crippen molar-refractivity contribution < 1.29 is 19.7 Å². The Morgan fingerprint density at radius 1 is 1.02 bits per heavy atom. The molecule has 0 unspecified atom stereocenters. The molecule has 252 valence electrons. The number of thiophene rings is 1. The second-order valence-electron chi connectivity index (χ2n) is 12.2. The van der Waals surface area contributed by atoms with Gasteiger partial charge < -0.3 is 19.7 Å². The van der Waals surface area contributed by atoms with Crippen LogP contribution in [0.25, 0.3) is 17.8 Å². The number of ether oxygens (including phenoxy) is 2. The molecule has 3 aromatic carbocycles. The van der Waals surface area contributed by atoms with Gasteiger partial charge in [-0.15, -0.1) is 21.6 Å². The average molecular weight is 705 g/mol. The first-order valence-corrected chi connectivity index (χ1v) is 16.7. The summed E-state index contributed by atoms with van der Waals surface area (Å²) in [6, 6.07) is 21.4. The van der Waals surface area contributed by atoms with Gasteiger partial charge in [0.05, 0.1) is 36.9 Å². The molecule has 0 aliphatic heterocycles. The van der Waals surface area contributed by atoms with Crippen molar-refractivity contribution in [3.8, 4) is 34.8 Å². The van der Waals surface area contributed by atoms with Crippen molar-refractivity contribution in [1.82, 2.24) is 9.78 Å². The molecule has 1 aliphatic carbocycles. The number of azo groups is 1. The smallest absolute Gasteiger partial charge is 0.183 e. The Morgan fingerprint density at radius 2 is 1.72 bits per heavy atom. The summed E-state index contributed by atoms with van der Waals surface area (Å²) in [5.74, 6) is 0.583. The van der Waals surface area contributed by atoms with Crippen molar-refractivity contribution in [3.63, 3.8) is 0 Å². The van der Waals surface area contributed by atoms with Crippen LogP contribution in [0.2, 0.25) is 5.15 Å². The molecule has 0 saturated heterocycles. The number of aromatic hydroxyl groups is 2. The van der Waals surface area contributed by atoms with Gasteiger partial charge in [-0.1, -0.05) is 49.7 Å². The quantitative estimate of drug-likeness (QED) is 0.0937. The van der Waals surface area contributed by atoms with E-state index in [2.05, 4.69) is 35.2 Å². The van der Waals surface area contributed by atoms with Crippen LogP contribution < -0.4 is 9.47 Å². The zero-order valence-electron chi connectivity index (χ0n) is 28.0. The van der Waals surface area contributed by atoms with E-state index >= 15 is 0 Å². The summed E-state index contributed by atoms with van der Waals surface area (Å²) in [7, 11) is 2.90. The lowest BCUT2D eigenvalue weighted by Crippen LogP contribution is -2.20. The normalized spacial score (nSPS) is 14.1. The number of rotatable bonds is 8. The molecule has 0 amide bonds. The van der Waals surface area contributed by atoms with Crippen LogP contribution in [0.4, 0.5) is 10.7 Å². The van der Waals surface area contributed by atoms with E-state index in [-0.39, 0.29) is 34.2 Å². The van der Waals surface area contributed by atoms with Crippen LogP contribution in [-0.2, 0) is 5.41 Å². The number of aryl methyl sites for hydroxylation is 1. The fourth-order valence-corrected chi connectivity index (χ4v) is 7.25. The molecule has 0 radical (unpaired) electrons. The van der Waals surface area contributed by atoms with Crippen molar-refractivity contribution in [1.29, 1.82) is 5.26 Å². The first-order valence-electron chi connectivity index (χ1n) is 15.5. The van der Waals surface area contributed by atoms with E-state index in [0.717, 1.165) is 39.4 Å². The topological polar surface area (TPSA) is 138 Å². The monoisotopic (exact) mass is 704 g/mol. The lowest BCUT2D eigenvalue weighted by Gasteiger charge is -2.29. The van der Waals surface area contributed by atoms with Crippen molar-refractivity contribution in [3.05, 3.63) is 116 Å². The number of allylic oxidation sites excluding steroid dienone is 2. The van der Waals surface area contributed by atoms with E-state index in [1.807, 2.05) is 55.5 Å². The highest BCUT2D eigenvalue weighted by Gasteiger charge is 2.33. The fourth-order valence-electron chi connectivity index (χ4n) is 5.71. The summed E-state index contributed by atoms with van der Waals surface area (Å²) in [5, 5.41) is 45.2. The Bertz CT molecular complexity index is 2260. The predicted octanol–water partition coefficient (Wildman–Crippen LogP) is 9.84. The Balaban J connectivity index is 1.42. The third-order valence-corrected chi connectivity index (χ3v) is 10.0. The zero-order chi connectivity index (χ0) is 35.6. The van der Waals surface area contributed by atoms with Crippen molar-refractivity contribution in [2.45, 2.75) is 32.6 Å². The number of phenolic OH excluding ortho intramolecular Hbond substituents is 2. The largest absolute Gasteiger partial charge is 0.504 e. The van der Waals surface area contributed by atoms with Crippen LogP contribution in [0.1, 0.15) is 53.1 Å². The maximum atomic E-state index is 10.5. The van der Waals surface area contributed by atoms with Crippen LogP contribution in [0.5, 0.6) is 23.0 Å². The number of para-hydroxylation sites is 1. The number of hydrogen-bond donors (Lipinski definition) is 2. The second kappa shape index (κ2) is 14.0. The molecule has 2 aromatic heterocycles. The van der Waals surface area contributed by atoms with Crippen molar-refractivity contribution >= 4 is 51.6 Å². The van der Waals surface area contributed by atoms with E-state index in [9.17, 15) is 15.5 Å². The van der Waals surface area contributed by atoms with Gasteiger partial charge in [0, 0.05) is 33.0 Å². The van der Waals surface area contributed by atoms with Gasteiger partial charge in [-0.05, 0) is 73.5 Å². The number of benzene rings is 3. The van der Waals surface area contributed by atoms with Gasteiger partial charge in [-0.3, -0.25) is 0 Å². The molecular weight excluding hydrogens is 672 g/mol. The SMILES string of the molecule is COc1cc(N=N/C(=N/c2sc3c(c2C#N)C=C(/C=C\c2c(C)nn(-c4ccccc4)c2Cl)CC3(C)C)c2ccc(O)c(OC)c2)ccc1O. The van der Waals surface area contributed by atoms with Gasteiger partial charge in [-0.2, -0.15) is 10.4 Å². The molecule has 2 N–H and O–H groups in total. The lowest BCUT2D eigenvalue weighted by atomic mass is 9.77. The zero-order valence-corrected chi connectivity index (χ0v) is 29.5. The number of phenols is 2. The minimum absolute atomic E-state index is 0.0307. The van der Waals surface area contributed by atoms with Crippen molar-refractivity contribution in [2.75, 3.05) is 14.2 Å². The average Bonchev–Trinajstić information content (AvgIpc) is 3.61. The number of methoxy groups -OCH3 is 2. The molecule has 0 fully saturated rings. The van der Waals surface area contributed by atoms with E-state index < -0.39 is 0 Å². The van der Waals surface area contributed by atoms with Crippen LogP contribution in [0.3, 0.4) is 0 Å². The molecule has 12 heteroatoms. The third-order valence-electron chi connectivity index (χ3n) is 8.21. The summed E-state index contributed by atoms with van der Waals surface area (Å²) in [4.78, 5) is 5.91. The highest BCUT2D eigenvalue weighted by molar-refractivity contribution is 7.16. The van der Waals surface area contributed by atoms with Gasteiger partial charge in [-0.25, -0.2) is 9.67 Å². The Morgan fingerprint density at radius 3 is 2.42 bits per heavy atom. The minimum Gasteiger partial charge on any atom is -0.504 e. The van der Waals surface area contributed by atoms with Crippen LogP contribution in [-0.4, -0.2) is 40.0 Å². The Labute approximate surface area is 298 Å². The molecule has 1 aliphatic rings. The fraction of sp³-hybridized carbons (Fsp3) is 0.184. The van der Waals surface area contributed by atoms with E-state index in [0.29, 0.717) is 27.0 Å². The number of amidine groups is 1. The summed E-state index contributed by atoms with van der Waals surface area (Å²) < 4.78 is 12.3. The number of aliphatic imine (C=N–C) groups is 1. The molecule has 0 spiro atoms. The molecule has 0 saturated carbocycles. The van der Waals surface area contributed by atoms with Crippen LogP contribution >= 0.6 is 22.9 Å².